The highest BCUT2D eigenvalue weighted by Crippen LogP contribution is 2.35. The van der Waals surface area contributed by atoms with Crippen LogP contribution < -0.4 is 32.3 Å². The van der Waals surface area contributed by atoms with Gasteiger partial charge in [-0.15, -0.1) is 0 Å². The number of non-ortho nitro benzene ring substituents is 2. The Morgan fingerprint density at radius 1 is 0.790 bits per heavy atom. The summed E-state index contributed by atoms with van der Waals surface area (Å²) in [5.74, 6) is -0.834. The molecule has 1 saturated heterocycles. The lowest BCUT2D eigenvalue weighted by atomic mass is 9.82. The van der Waals surface area contributed by atoms with Gasteiger partial charge in [0.15, 0.2) is 6.29 Å². The van der Waals surface area contributed by atoms with Crippen LogP contribution in [-0.2, 0) is 55.9 Å². The average Bonchev–Trinajstić information content (AvgIpc) is 3.41. The molecule has 2 aromatic rings. The van der Waals surface area contributed by atoms with Crippen molar-refractivity contribution in [2.75, 3.05) is 39.8 Å². The highest BCUT2D eigenvalue weighted by atomic mass is 16.7. The van der Waals surface area contributed by atoms with Crippen LogP contribution in [-0.4, -0.2) is 189 Å². The number of nitro groups is 2. The van der Waals surface area contributed by atoms with Crippen LogP contribution in [0.25, 0.3) is 0 Å². The molecule has 450 valence electrons. The number of benzene rings is 2. The summed E-state index contributed by atoms with van der Waals surface area (Å²) in [6, 6.07) is 4.82. The molecule has 0 spiro atoms. The van der Waals surface area contributed by atoms with Crippen molar-refractivity contribution >= 4 is 41.7 Å². The van der Waals surface area contributed by atoms with Crippen LogP contribution in [0.1, 0.15) is 78.9 Å². The van der Waals surface area contributed by atoms with Gasteiger partial charge in [-0.2, -0.15) is 0 Å². The van der Waals surface area contributed by atoms with Gasteiger partial charge in [-0.1, -0.05) is 0 Å². The highest BCUT2D eigenvalue weighted by molar-refractivity contribution is 5.82. The van der Waals surface area contributed by atoms with E-state index >= 15 is 0 Å². The molecule has 2 aliphatic heterocycles. The lowest BCUT2D eigenvalue weighted by Crippen LogP contribution is -2.71. The summed E-state index contributed by atoms with van der Waals surface area (Å²) in [7, 11) is 1.27. The zero-order valence-corrected chi connectivity index (χ0v) is 46.3. The second-order valence-corrected chi connectivity index (χ2v) is 21.7. The van der Waals surface area contributed by atoms with E-state index in [4.69, 9.17) is 43.6 Å². The molecule has 81 heavy (non-hydrogen) atoms. The van der Waals surface area contributed by atoms with E-state index in [9.17, 15) is 64.6 Å². The molecule has 0 unspecified atom stereocenters. The molecule has 2 aromatic carbocycles. The lowest BCUT2D eigenvalue weighted by molar-refractivity contribution is -0.385. The minimum Gasteiger partial charge on any atom is -0.466 e. The minimum absolute atomic E-state index is 0.0197. The molecule has 5 amide bonds. The molecular formula is C51H75N9O21. The first kappa shape index (κ1) is 64.8. The highest BCUT2D eigenvalue weighted by Gasteiger charge is 2.55. The predicted octanol–water partition coefficient (Wildman–Crippen LogP) is 1.57. The van der Waals surface area contributed by atoms with Gasteiger partial charge in [-0.25, -0.2) is 19.2 Å². The first-order valence-corrected chi connectivity index (χ1v) is 26.0. The van der Waals surface area contributed by atoms with E-state index in [1.54, 1.807) is 47.6 Å². The first-order valence-electron chi connectivity index (χ1n) is 26.0. The molecule has 0 aromatic heterocycles. The number of nitrogens with two attached hydrogens (primary N) is 1. The molecule has 1 saturated carbocycles. The van der Waals surface area contributed by atoms with Crippen LogP contribution in [0.5, 0.6) is 0 Å². The molecule has 5 rings (SSSR count). The summed E-state index contributed by atoms with van der Waals surface area (Å²) in [5, 5.41) is 83.1. The summed E-state index contributed by atoms with van der Waals surface area (Å²) in [5.41, 5.74) is 2.13. The second kappa shape index (κ2) is 28.6. The quantitative estimate of drug-likeness (QED) is 0.0346. The number of hydrogen-bond acceptors (Lipinski definition) is 23. The summed E-state index contributed by atoms with van der Waals surface area (Å²) >= 11 is 0. The molecule has 2 fully saturated rings. The summed E-state index contributed by atoms with van der Waals surface area (Å²) in [6.45, 7) is 9.90. The molecule has 2 heterocycles. The Morgan fingerprint density at radius 3 is 1.83 bits per heavy atom. The maximum atomic E-state index is 13.9. The van der Waals surface area contributed by atoms with Crippen molar-refractivity contribution in [3.8, 4) is 0 Å². The Labute approximate surface area is 466 Å². The monoisotopic (exact) mass is 1150 g/mol. The van der Waals surface area contributed by atoms with Crippen molar-refractivity contribution in [1.82, 2.24) is 31.5 Å². The van der Waals surface area contributed by atoms with Crippen LogP contribution >= 0.6 is 0 Å². The van der Waals surface area contributed by atoms with Crippen molar-refractivity contribution in [2.24, 2.45) is 5.73 Å². The van der Waals surface area contributed by atoms with Gasteiger partial charge in [-0.3, -0.25) is 25.0 Å². The van der Waals surface area contributed by atoms with Crippen molar-refractivity contribution in [3.05, 3.63) is 91.7 Å². The number of alkyl carbamates (subject to hydrolysis) is 3. The molecule has 1 aliphatic carbocycles. The first-order chi connectivity index (χ1) is 37.9. The minimum atomic E-state index is -2.04. The molecule has 30 heteroatoms. The number of likely N-dealkylation sites (N-methyl/N-ethyl adjacent to an activating group) is 1. The average molecular weight is 1150 g/mol. The summed E-state index contributed by atoms with van der Waals surface area (Å²) < 4.78 is 46.8. The molecule has 3 aliphatic rings. The Hall–Kier alpha value is -7.03. The van der Waals surface area contributed by atoms with Crippen LogP contribution in [0, 0.1) is 20.2 Å². The Balaban J connectivity index is 1.52. The van der Waals surface area contributed by atoms with E-state index in [2.05, 4.69) is 26.6 Å². The SMILES string of the molecule is CN(C(=O)OC(C)(C)C)[C@@H]1[C@@H](O)[C@@H](O[C@@H]2[C@@H](O)[C@H](O[C@H]3OC(CNCCCN)=CC[C@H]3NC(=O)OCc3ccc([N+](=O)[O-])cc3)[C@@H](NC(=O)OCc3ccc([N+](=O)[O-])cc3)C[C@H]2NC(=O)[C@@H](O)CNC(=O)OC(C)(C)C)OC[C@]1(C)O. The number of nitrogens with one attached hydrogen (secondary N) is 5. The van der Waals surface area contributed by atoms with Crippen molar-refractivity contribution in [2.45, 2.75) is 165 Å². The maximum absolute atomic E-state index is 13.9. The van der Waals surface area contributed by atoms with E-state index in [1.807, 2.05) is 0 Å². The Morgan fingerprint density at radius 2 is 1.31 bits per heavy atom. The van der Waals surface area contributed by atoms with Gasteiger partial charge in [0.25, 0.3) is 17.3 Å². The van der Waals surface area contributed by atoms with Crippen LogP contribution in [0.3, 0.4) is 0 Å². The van der Waals surface area contributed by atoms with Gasteiger partial charge in [0.05, 0.1) is 53.7 Å². The maximum Gasteiger partial charge on any atom is 0.410 e. The normalized spacial score (nSPS) is 26.0. The number of aliphatic hydroxyl groups is 4. The Kier molecular flexibility index (Phi) is 22.9. The third kappa shape index (κ3) is 19.6. The number of aliphatic hydroxyl groups excluding tert-OH is 3. The van der Waals surface area contributed by atoms with E-state index < -0.39 is 150 Å². The zero-order chi connectivity index (χ0) is 60.0. The number of carbonyl (C=O) groups excluding carboxylic acids is 5. The van der Waals surface area contributed by atoms with Gasteiger partial charge in [0, 0.05) is 31.3 Å². The number of nitrogens with zero attached hydrogens (tertiary/aromatic N) is 3. The van der Waals surface area contributed by atoms with Crippen molar-refractivity contribution < 1.29 is 92.1 Å². The molecule has 0 bridgehead atoms. The van der Waals surface area contributed by atoms with Crippen molar-refractivity contribution in [3.63, 3.8) is 0 Å². The van der Waals surface area contributed by atoms with Crippen molar-refractivity contribution in [1.29, 1.82) is 0 Å². The fraction of sp³-hybridized carbons (Fsp3) is 0.627. The predicted molar refractivity (Wildman–Crippen MR) is 281 cm³/mol. The zero-order valence-electron chi connectivity index (χ0n) is 46.3. The van der Waals surface area contributed by atoms with Gasteiger partial charge >= 0.3 is 24.4 Å². The van der Waals surface area contributed by atoms with E-state index in [0.29, 0.717) is 36.4 Å². The summed E-state index contributed by atoms with van der Waals surface area (Å²) in [6.07, 6.45) is -15.0. The molecule has 30 nitrogen and oxygen atoms in total. The largest absolute Gasteiger partial charge is 0.466 e. The fourth-order valence-electron chi connectivity index (χ4n) is 8.74. The van der Waals surface area contributed by atoms with Crippen LogP contribution in [0.15, 0.2) is 60.4 Å². The topological polar surface area (TPSA) is 416 Å². The molecule has 12 atom stereocenters. The van der Waals surface area contributed by atoms with E-state index in [-0.39, 0.29) is 30.9 Å². The van der Waals surface area contributed by atoms with Gasteiger partial charge in [0.2, 0.25) is 6.29 Å². The van der Waals surface area contributed by atoms with Gasteiger partial charge in [0.1, 0.15) is 66.3 Å². The van der Waals surface area contributed by atoms with E-state index in [1.165, 1.54) is 62.5 Å². The smallest absolute Gasteiger partial charge is 0.410 e. The number of rotatable bonds is 22. The third-order valence-electron chi connectivity index (χ3n) is 12.6. The van der Waals surface area contributed by atoms with Crippen LogP contribution in [0.4, 0.5) is 30.6 Å². The number of carbonyl (C=O) groups is 5. The third-order valence-corrected chi connectivity index (χ3v) is 12.6. The molecule has 0 radical (unpaired) electrons. The lowest BCUT2D eigenvalue weighted by Gasteiger charge is -2.50. The molecular weight excluding hydrogens is 1070 g/mol. The number of nitro benzene ring substituents is 2. The number of amides is 5. The van der Waals surface area contributed by atoms with Gasteiger partial charge < -0.3 is 95.5 Å². The number of hydrogen-bond donors (Lipinski definition) is 10. The fourth-order valence-corrected chi connectivity index (χ4v) is 8.74. The molecule has 11 N–H and O–H groups in total. The van der Waals surface area contributed by atoms with Gasteiger partial charge in [-0.05, 0) is 122 Å². The number of ether oxygens (including phenoxy) is 8. The second-order valence-electron chi connectivity index (χ2n) is 21.7. The van der Waals surface area contributed by atoms with Crippen LogP contribution in [0.2, 0.25) is 0 Å². The standard InChI is InChI=1S/C51H75N9O21/c1-49(2,3)80-45(65)54-24-36(61)42(64)55-34-22-35(57-47(67)75-26-29-12-16-31(17-13-29)60(72)73)40(37(62)39(34)79-44-38(63)41(51(7,69)27-76-44)58(8)48(68)81-50(4,5)6)78-43-33(19-18-32(77-43)23-53-21-9-20-52)56-46(66)74-25-28-10-14-30(15-11-28)59(70)71/h10-18,33-41,43-44,53,61-63,69H,9,19-27,52H2,1-8H3,(H,54,65)(H,55,64)(H,56,66)(H,57,67)/t33-,34-,35+,36+,37-,38-,39+,40-,41-,43-,44-,51+/m1/s1. The summed E-state index contributed by atoms with van der Waals surface area (Å²) in [4.78, 5) is 89.3. The van der Waals surface area contributed by atoms with E-state index in [0.717, 1.165) is 4.90 Å². The Bertz CT molecular complexity index is 2510.